The number of halogens is 1. The van der Waals surface area contributed by atoms with Gasteiger partial charge in [-0.05, 0) is 24.3 Å². The number of fused-ring (bicyclic) bond motifs is 1. The van der Waals surface area contributed by atoms with Crippen LogP contribution in [0.25, 0.3) is 16.6 Å². The maximum Gasteiger partial charge on any atom is 0.172 e. The molecular formula is C20H16ClN3OS. The van der Waals surface area contributed by atoms with Gasteiger partial charge in [0.15, 0.2) is 5.16 Å². The smallest absolute Gasteiger partial charge is 0.172 e. The normalized spacial score (nSPS) is 11.0. The average molecular weight is 382 g/mol. The van der Waals surface area contributed by atoms with E-state index in [-0.39, 0.29) is 0 Å². The fourth-order valence-corrected chi connectivity index (χ4v) is 3.97. The topological polar surface area (TPSA) is 39.9 Å². The summed E-state index contributed by atoms with van der Waals surface area (Å²) in [5, 5.41) is 2.52. The van der Waals surface area contributed by atoms with Crippen molar-refractivity contribution in [3.8, 4) is 11.4 Å². The third-order valence-corrected chi connectivity index (χ3v) is 5.39. The lowest BCUT2D eigenvalue weighted by molar-refractivity contribution is 0.414. The monoisotopic (exact) mass is 381 g/mol. The quantitative estimate of drug-likeness (QED) is 0.344. The Morgan fingerprint density at radius 3 is 2.88 bits per heavy atom. The molecule has 2 aromatic carbocycles. The molecule has 26 heavy (non-hydrogen) atoms. The fourth-order valence-electron chi connectivity index (χ4n) is 2.73. The van der Waals surface area contributed by atoms with Gasteiger partial charge in [-0.25, -0.2) is 9.97 Å². The van der Waals surface area contributed by atoms with Crippen LogP contribution in [-0.2, 0) is 5.75 Å². The maximum atomic E-state index is 6.37. The van der Waals surface area contributed by atoms with Crippen molar-refractivity contribution in [2.24, 2.45) is 0 Å². The van der Waals surface area contributed by atoms with E-state index in [9.17, 15) is 0 Å². The first-order valence-electron chi connectivity index (χ1n) is 8.09. The Morgan fingerprint density at radius 1 is 1.12 bits per heavy atom. The van der Waals surface area contributed by atoms with Crippen molar-refractivity contribution in [1.29, 1.82) is 0 Å². The lowest BCUT2D eigenvalue weighted by Gasteiger charge is -2.10. The van der Waals surface area contributed by atoms with E-state index in [1.165, 1.54) is 0 Å². The first-order valence-corrected chi connectivity index (χ1v) is 9.46. The summed E-state index contributed by atoms with van der Waals surface area (Å²) in [5.41, 5.74) is 2.91. The van der Waals surface area contributed by atoms with Gasteiger partial charge in [0.1, 0.15) is 10.9 Å². The first kappa shape index (κ1) is 16.9. The minimum absolute atomic E-state index is 0.538. The molecule has 0 bridgehead atoms. The second-order valence-corrected chi connectivity index (χ2v) is 7.00. The number of imidazole rings is 1. The molecule has 0 amide bonds. The molecule has 0 aliphatic rings. The number of rotatable bonds is 5. The standard InChI is InChI=1S/C20H16ClN3OS/c1-25-17-7-4-6-16(12-17)24-10-9-22-20(24)26-13-15-11-14-5-2-3-8-18(14)23-19(15)21/h2-12H,13H2,1H3. The van der Waals surface area contributed by atoms with Crippen LogP contribution in [0.2, 0.25) is 5.15 Å². The van der Waals surface area contributed by atoms with Gasteiger partial charge < -0.3 is 4.74 Å². The Hall–Kier alpha value is -2.50. The number of benzene rings is 2. The molecule has 0 unspecified atom stereocenters. The summed E-state index contributed by atoms with van der Waals surface area (Å²) in [6.45, 7) is 0. The fraction of sp³-hybridized carbons (Fsp3) is 0.100. The number of hydrogen-bond acceptors (Lipinski definition) is 4. The van der Waals surface area contributed by atoms with Crippen molar-refractivity contribution in [2.45, 2.75) is 10.9 Å². The summed E-state index contributed by atoms with van der Waals surface area (Å²) in [4.78, 5) is 8.96. The molecule has 0 saturated heterocycles. The molecule has 2 aromatic heterocycles. The van der Waals surface area contributed by atoms with Gasteiger partial charge in [-0.3, -0.25) is 4.57 Å². The Kier molecular flexibility index (Phi) is 4.82. The highest BCUT2D eigenvalue weighted by atomic mass is 35.5. The summed E-state index contributed by atoms with van der Waals surface area (Å²) >= 11 is 8.00. The number of aromatic nitrogens is 3. The molecule has 130 valence electrons. The number of nitrogens with zero attached hydrogens (tertiary/aromatic N) is 3. The van der Waals surface area contributed by atoms with Crippen LogP contribution < -0.4 is 4.74 Å². The number of thioether (sulfide) groups is 1. The van der Waals surface area contributed by atoms with E-state index >= 15 is 0 Å². The summed E-state index contributed by atoms with van der Waals surface area (Å²) in [6, 6.07) is 18.0. The van der Waals surface area contributed by atoms with Gasteiger partial charge in [0.05, 0.1) is 18.3 Å². The van der Waals surface area contributed by atoms with Crippen molar-refractivity contribution in [2.75, 3.05) is 7.11 Å². The van der Waals surface area contributed by atoms with Crippen molar-refractivity contribution in [3.05, 3.63) is 77.7 Å². The van der Waals surface area contributed by atoms with E-state index in [0.29, 0.717) is 10.9 Å². The number of hydrogen-bond donors (Lipinski definition) is 0. The third kappa shape index (κ3) is 3.41. The Balaban J connectivity index is 1.59. The lowest BCUT2D eigenvalue weighted by atomic mass is 10.2. The van der Waals surface area contributed by atoms with Crippen molar-refractivity contribution < 1.29 is 4.74 Å². The van der Waals surface area contributed by atoms with Crippen molar-refractivity contribution >= 4 is 34.3 Å². The van der Waals surface area contributed by atoms with E-state index in [2.05, 4.69) is 16.0 Å². The number of pyridine rings is 1. The van der Waals surface area contributed by atoms with Gasteiger partial charge in [-0.1, -0.05) is 47.6 Å². The Morgan fingerprint density at radius 2 is 2.00 bits per heavy atom. The number of ether oxygens (including phenoxy) is 1. The van der Waals surface area contributed by atoms with E-state index in [1.807, 2.05) is 59.3 Å². The lowest BCUT2D eigenvalue weighted by Crippen LogP contribution is -1.96. The molecule has 0 spiro atoms. The second kappa shape index (κ2) is 7.40. The van der Waals surface area contributed by atoms with Crippen LogP contribution in [0.1, 0.15) is 5.56 Å². The highest BCUT2D eigenvalue weighted by Gasteiger charge is 2.10. The predicted molar refractivity (Wildman–Crippen MR) is 106 cm³/mol. The molecule has 0 radical (unpaired) electrons. The van der Waals surface area contributed by atoms with Crippen molar-refractivity contribution in [1.82, 2.24) is 14.5 Å². The predicted octanol–water partition coefficient (Wildman–Crippen LogP) is 5.37. The van der Waals surface area contributed by atoms with Crippen molar-refractivity contribution in [3.63, 3.8) is 0 Å². The molecule has 0 fully saturated rings. The second-order valence-electron chi connectivity index (χ2n) is 5.70. The molecule has 2 heterocycles. The van der Waals surface area contributed by atoms with Gasteiger partial charge in [0, 0.05) is 35.2 Å². The molecular weight excluding hydrogens is 366 g/mol. The van der Waals surface area contributed by atoms with Crippen LogP contribution >= 0.6 is 23.4 Å². The molecule has 6 heteroatoms. The molecule has 0 N–H and O–H groups in total. The van der Waals surface area contributed by atoms with E-state index in [0.717, 1.165) is 33.1 Å². The molecule has 0 aliphatic heterocycles. The summed E-state index contributed by atoms with van der Waals surface area (Å²) in [5.74, 6) is 1.51. The average Bonchev–Trinajstić information content (AvgIpc) is 3.15. The zero-order chi connectivity index (χ0) is 17.9. The first-order chi connectivity index (χ1) is 12.7. The molecule has 4 aromatic rings. The zero-order valence-electron chi connectivity index (χ0n) is 14.1. The largest absolute Gasteiger partial charge is 0.497 e. The van der Waals surface area contributed by atoms with Crippen LogP contribution in [0.4, 0.5) is 0 Å². The Labute approximate surface area is 160 Å². The zero-order valence-corrected chi connectivity index (χ0v) is 15.7. The molecule has 0 saturated carbocycles. The van der Waals surface area contributed by atoms with Gasteiger partial charge in [0.2, 0.25) is 0 Å². The minimum Gasteiger partial charge on any atom is -0.497 e. The summed E-state index contributed by atoms with van der Waals surface area (Å²) in [6.07, 6.45) is 3.74. The van der Waals surface area contributed by atoms with Gasteiger partial charge in [-0.2, -0.15) is 0 Å². The number of methoxy groups -OCH3 is 1. The van der Waals surface area contributed by atoms with Crippen LogP contribution in [0.15, 0.2) is 72.1 Å². The van der Waals surface area contributed by atoms with Gasteiger partial charge in [-0.15, -0.1) is 0 Å². The summed E-state index contributed by atoms with van der Waals surface area (Å²) < 4.78 is 7.35. The highest BCUT2D eigenvalue weighted by molar-refractivity contribution is 7.98. The van der Waals surface area contributed by atoms with Crippen LogP contribution in [0, 0.1) is 0 Å². The highest BCUT2D eigenvalue weighted by Crippen LogP contribution is 2.29. The van der Waals surface area contributed by atoms with Gasteiger partial charge >= 0.3 is 0 Å². The van der Waals surface area contributed by atoms with E-state index in [1.54, 1.807) is 25.1 Å². The maximum absolute atomic E-state index is 6.37. The molecule has 0 aliphatic carbocycles. The molecule has 4 rings (SSSR count). The van der Waals surface area contributed by atoms with Crippen LogP contribution in [0.5, 0.6) is 5.75 Å². The van der Waals surface area contributed by atoms with E-state index < -0.39 is 0 Å². The minimum atomic E-state index is 0.538. The molecule has 0 atom stereocenters. The summed E-state index contributed by atoms with van der Waals surface area (Å²) in [7, 11) is 1.66. The Bertz CT molecular complexity index is 1060. The molecule has 4 nitrogen and oxygen atoms in total. The van der Waals surface area contributed by atoms with Crippen LogP contribution in [0.3, 0.4) is 0 Å². The van der Waals surface area contributed by atoms with E-state index in [4.69, 9.17) is 16.3 Å². The third-order valence-electron chi connectivity index (χ3n) is 4.05. The number of para-hydroxylation sites is 1. The SMILES string of the molecule is COc1cccc(-n2ccnc2SCc2cc3ccccc3nc2Cl)c1. The van der Waals surface area contributed by atoms with Crippen LogP contribution in [-0.4, -0.2) is 21.6 Å². The van der Waals surface area contributed by atoms with Gasteiger partial charge in [0.25, 0.3) is 0 Å².